The number of hydrogen-bond donors (Lipinski definition) is 0. The lowest BCUT2D eigenvalue weighted by Crippen LogP contribution is -2.03. The molecule has 3 aromatic carbocycles. The average Bonchev–Trinajstić information content (AvgIpc) is 2.70. The summed E-state index contributed by atoms with van der Waals surface area (Å²) < 4.78 is 56.0. The summed E-state index contributed by atoms with van der Waals surface area (Å²) in [6.45, 7) is 2.05. The molecule has 0 heterocycles. The predicted octanol–water partition coefficient (Wildman–Crippen LogP) is 7.35. The van der Waals surface area contributed by atoms with Gasteiger partial charge in [0.1, 0.15) is 11.6 Å². The van der Waals surface area contributed by atoms with Crippen molar-refractivity contribution in [2.75, 3.05) is 0 Å². The van der Waals surface area contributed by atoms with Crippen LogP contribution in [0.25, 0.3) is 22.8 Å². The largest absolute Gasteiger partial charge is 0.206 e. The smallest absolute Gasteiger partial charge is 0.159 e. The van der Waals surface area contributed by atoms with Crippen LogP contribution in [0.15, 0.2) is 48.5 Å². The molecular formula is C25H20F4. The Labute approximate surface area is 167 Å². The third-order valence-electron chi connectivity index (χ3n) is 5.37. The highest BCUT2D eigenvalue weighted by Crippen LogP contribution is 2.35. The van der Waals surface area contributed by atoms with E-state index in [9.17, 15) is 17.6 Å². The molecule has 0 unspecified atom stereocenters. The second kappa shape index (κ2) is 7.86. The van der Waals surface area contributed by atoms with Crippen molar-refractivity contribution >= 4 is 11.6 Å². The molecular weight excluding hydrogens is 376 g/mol. The van der Waals surface area contributed by atoms with E-state index in [1.165, 1.54) is 12.1 Å². The van der Waals surface area contributed by atoms with Crippen molar-refractivity contribution in [3.63, 3.8) is 0 Å². The molecule has 1 aliphatic rings. The number of rotatable bonds is 4. The van der Waals surface area contributed by atoms with Gasteiger partial charge in [-0.05, 0) is 77.4 Å². The van der Waals surface area contributed by atoms with Crippen molar-refractivity contribution in [2.24, 2.45) is 0 Å². The van der Waals surface area contributed by atoms with E-state index in [0.717, 1.165) is 41.7 Å². The third-order valence-corrected chi connectivity index (χ3v) is 5.37. The van der Waals surface area contributed by atoms with E-state index in [4.69, 9.17) is 0 Å². The minimum Gasteiger partial charge on any atom is -0.206 e. The first-order valence-electron chi connectivity index (χ1n) is 9.73. The van der Waals surface area contributed by atoms with Crippen molar-refractivity contribution in [1.29, 1.82) is 0 Å². The van der Waals surface area contributed by atoms with Gasteiger partial charge in [-0.3, -0.25) is 0 Å². The summed E-state index contributed by atoms with van der Waals surface area (Å²) in [6.07, 6.45) is 4.84. The van der Waals surface area contributed by atoms with Crippen LogP contribution in [0, 0.1) is 23.3 Å². The van der Waals surface area contributed by atoms with Gasteiger partial charge in [0, 0.05) is 11.1 Å². The van der Waals surface area contributed by atoms with E-state index in [-0.39, 0.29) is 16.9 Å². The fraction of sp³-hybridized carbons (Fsp3) is 0.200. The Kier molecular flexibility index (Phi) is 5.27. The molecule has 4 heteroatoms. The van der Waals surface area contributed by atoms with Gasteiger partial charge >= 0.3 is 0 Å². The van der Waals surface area contributed by atoms with E-state index >= 15 is 0 Å². The molecule has 0 aliphatic heterocycles. The summed E-state index contributed by atoms with van der Waals surface area (Å²) in [5.41, 5.74) is 4.45. The molecule has 0 atom stereocenters. The van der Waals surface area contributed by atoms with Gasteiger partial charge in [-0.2, -0.15) is 0 Å². The van der Waals surface area contributed by atoms with Crippen LogP contribution >= 0.6 is 0 Å². The summed E-state index contributed by atoms with van der Waals surface area (Å²) >= 11 is 0. The molecule has 3 aromatic rings. The monoisotopic (exact) mass is 396 g/mol. The Morgan fingerprint density at radius 2 is 1.52 bits per heavy atom. The molecule has 0 fully saturated rings. The van der Waals surface area contributed by atoms with E-state index < -0.39 is 17.5 Å². The predicted molar refractivity (Wildman–Crippen MR) is 108 cm³/mol. The number of benzene rings is 3. The summed E-state index contributed by atoms with van der Waals surface area (Å²) in [6, 6.07) is 11.7. The van der Waals surface area contributed by atoms with E-state index in [2.05, 4.69) is 6.92 Å². The lowest BCUT2D eigenvalue weighted by atomic mass is 9.86. The zero-order valence-electron chi connectivity index (χ0n) is 16.0. The molecule has 4 rings (SSSR count). The van der Waals surface area contributed by atoms with Gasteiger partial charge in [0.05, 0.1) is 0 Å². The first-order valence-corrected chi connectivity index (χ1v) is 9.73. The lowest BCUT2D eigenvalue weighted by molar-refractivity contribution is 0.509. The molecule has 0 saturated heterocycles. The number of halogens is 4. The maximum Gasteiger partial charge on any atom is 0.159 e. The molecule has 148 valence electrons. The molecule has 0 radical (unpaired) electrons. The highest BCUT2D eigenvalue weighted by atomic mass is 19.2. The topological polar surface area (TPSA) is 0 Å². The third kappa shape index (κ3) is 3.84. The van der Waals surface area contributed by atoms with Crippen molar-refractivity contribution in [1.82, 2.24) is 0 Å². The second-order valence-electron chi connectivity index (χ2n) is 7.39. The van der Waals surface area contributed by atoms with Crippen molar-refractivity contribution in [3.05, 3.63) is 94.1 Å². The van der Waals surface area contributed by atoms with Gasteiger partial charge in [-0.1, -0.05) is 37.6 Å². The highest BCUT2D eigenvalue weighted by molar-refractivity contribution is 5.85. The Hall–Kier alpha value is -2.88. The Morgan fingerprint density at radius 3 is 2.24 bits per heavy atom. The van der Waals surface area contributed by atoms with Gasteiger partial charge in [0.2, 0.25) is 0 Å². The summed E-state index contributed by atoms with van der Waals surface area (Å²) in [5.74, 6) is -2.76. The van der Waals surface area contributed by atoms with Crippen LogP contribution in [0.3, 0.4) is 0 Å². The number of fused-ring (bicyclic) bond motifs is 1. The van der Waals surface area contributed by atoms with E-state index in [1.807, 2.05) is 12.1 Å². The number of aryl methyl sites for hydroxylation is 2. The molecule has 0 saturated carbocycles. The fourth-order valence-electron chi connectivity index (χ4n) is 3.87. The Bertz CT molecular complexity index is 1110. The van der Waals surface area contributed by atoms with Gasteiger partial charge < -0.3 is 0 Å². The van der Waals surface area contributed by atoms with Crippen LogP contribution < -0.4 is 0 Å². The summed E-state index contributed by atoms with van der Waals surface area (Å²) in [7, 11) is 0. The number of hydrogen-bond acceptors (Lipinski definition) is 0. The zero-order valence-corrected chi connectivity index (χ0v) is 16.0. The average molecular weight is 396 g/mol. The Morgan fingerprint density at radius 1 is 0.724 bits per heavy atom. The van der Waals surface area contributed by atoms with Crippen LogP contribution in [-0.2, 0) is 12.8 Å². The van der Waals surface area contributed by atoms with Crippen molar-refractivity contribution in [2.45, 2.75) is 32.6 Å². The minimum atomic E-state index is -1.01. The fourth-order valence-corrected chi connectivity index (χ4v) is 3.87. The molecule has 0 N–H and O–H groups in total. The van der Waals surface area contributed by atoms with E-state index in [0.29, 0.717) is 24.0 Å². The molecule has 0 amide bonds. The van der Waals surface area contributed by atoms with Gasteiger partial charge in [-0.25, -0.2) is 17.6 Å². The molecule has 0 spiro atoms. The lowest BCUT2D eigenvalue weighted by Gasteiger charge is -2.19. The second-order valence-corrected chi connectivity index (χ2v) is 7.39. The molecule has 0 aromatic heterocycles. The van der Waals surface area contributed by atoms with Crippen molar-refractivity contribution in [3.8, 4) is 11.1 Å². The van der Waals surface area contributed by atoms with Crippen LogP contribution in [0.2, 0.25) is 0 Å². The maximum absolute atomic E-state index is 14.7. The maximum atomic E-state index is 14.7. The van der Waals surface area contributed by atoms with Crippen LogP contribution in [0.1, 0.15) is 42.0 Å². The number of allylic oxidation sites excluding steroid dienone is 1. The minimum absolute atomic E-state index is 0.231. The SMILES string of the molecule is CCCc1ccc(C2=Cc3cc(F)c(-c4ccc(F)c(F)c4)cc3CC2)c(F)c1. The quantitative estimate of drug-likeness (QED) is 0.405. The molecule has 1 aliphatic carbocycles. The van der Waals surface area contributed by atoms with Crippen molar-refractivity contribution < 1.29 is 17.6 Å². The summed E-state index contributed by atoms with van der Waals surface area (Å²) in [4.78, 5) is 0. The van der Waals surface area contributed by atoms with Crippen LogP contribution in [-0.4, -0.2) is 0 Å². The highest BCUT2D eigenvalue weighted by Gasteiger charge is 2.18. The first-order chi connectivity index (χ1) is 14.0. The van der Waals surface area contributed by atoms with Gasteiger partial charge in [-0.15, -0.1) is 0 Å². The molecule has 0 bridgehead atoms. The first kappa shape index (κ1) is 19.4. The summed E-state index contributed by atoms with van der Waals surface area (Å²) in [5, 5.41) is 0. The molecule has 29 heavy (non-hydrogen) atoms. The van der Waals surface area contributed by atoms with Gasteiger partial charge in [0.25, 0.3) is 0 Å². The normalized spacial score (nSPS) is 13.2. The zero-order chi connectivity index (χ0) is 20.5. The van der Waals surface area contributed by atoms with Crippen LogP contribution in [0.5, 0.6) is 0 Å². The van der Waals surface area contributed by atoms with Gasteiger partial charge in [0.15, 0.2) is 11.6 Å². The standard InChI is InChI=1S/C25H20F4/c1-2-3-15-4-8-20(23(27)10-15)17-6-5-16-12-21(24(28)14-19(16)11-17)18-7-9-22(26)25(29)13-18/h4,7-14H,2-3,5-6H2,1H3. The molecule has 0 nitrogen and oxygen atoms in total. The Balaban J connectivity index is 1.71. The van der Waals surface area contributed by atoms with Crippen LogP contribution in [0.4, 0.5) is 17.6 Å². The van der Waals surface area contributed by atoms with E-state index in [1.54, 1.807) is 18.2 Å².